The maximum absolute atomic E-state index is 11.7. The summed E-state index contributed by atoms with van der Waals surface area (Å²) in [6.07, 6.45) is 1.75. The Kier molecular flexibility index (Phi) is 5.42. The second kappa shape index (κ2) is 6.83. The van der Waals surface area contributed by atoms with Crippen LogP contribution < -0.4 is 5.32 Å². The van der Waals surface area contributed by atoms with Gasteiger partial charge in [-0.15, -0.1) is 0 Å². The Labute approximate surface area is 117 Å². The number of ether oxygens (including phenoxy) is 1. The summed E-state index contributed by atoms with van der Waals surface area (Å²) in [4.78, 5) is 25.9. The van der Waals surface area contributed by atoms with Gasteiger partial charge in [0.05, 0.1) is 12.0 Å². The molecule has 0 aliphatic heterocycles. The number of nitrogens with zero attached hydrogens (tertiary/aromatic N) is 2. The van der Waals surface area contributed by atoms with Crippen LogP contribution in [0.1, 0.15) is 25.8 Å². The molecule has 1 N–H and O–H groups in total. The van der Waals surface area contributed by atoms with Crippen LogP contribution in [0.25, 0.3) is 0 Å². The maximum atomic E-state index is 11.7. The van der Waals surface area contributed by atoms with E-state index < -0.39 is 11.0 Å². The molecule has 0 amide bonds. The van der Waals surface area contributed by atoms with Crippen molar-refractivity contribution in [1.29, 1.82) is 0 Å². The number of anilines is 1. The summed E-state index contributed by atoms with van der Waals surface area (Å²) in [6.45, 7) is 5.69. The van der Waals surface area contributed by atoms with Crippen molar-refractivity contribution in [3.8, 4) is 0 Å². The second-order valence-corrected chi connectivity index (χ2v) is 4.97. The molecule has 1 atom stereocenters. The van der Waals surface area contributed by atoms with Crippen LogP contribution >= 0.6 is 0 Å². The van der Waals surface area contributed by atoms with Gasteiger partial charge in [0.15, 0.2) is 0 Å². The van der Waals surface area contributed by atoms with Gasteiger partial charge in [-0.3, -0.25) is 10.1 Å². The number of hydrogen-bond donors (Lipinski definition) is 1. The van der Waals surface area contributed by atoms with Crippen LogP contribution in [0.3, 0.4) is 0 Å². The smallest absolute Gasteiger partial charge is 0.328 e. The third-order valence-corrected chi connectivity index (χ3v) is 2.78. The lowest BCUT2D eigenvalue weighted by Gasteiger charge is -2.19. The first-order chi connectivity index (χ1) is 9.35. The first-order valence-corrected chi connectivity index (χ1v) is 6.30. The van der Waals surface area contributed by atoms with E-state index >= 15 is 0 Å². The molecule has 1 aromatic rings. The standard InChI is InChI=1S/C13H19N3O4/c1-8(2)5-11(13(17)20-4)15-12-9(3)6-10(7-14-12)16(18)19/h6-8,11H,5H2,1-4H3,(H,14,15). The highest BCUT2D eigenvalue weighted by Gasteiger charge is 2.22. The lowest BCUT2D eigenvalue weighted by atomic mass is 10.0. The number of rotatable bonds is 6. The van der Waals surface area contributed by atoms with Crippen molar-refractivity contribution in [2.45, 2.75) is 33.2 Å². The van der Waals surface area contributed by atoms with Gasteiger partial charge in [0.2, 0.25) is 0 Å². The Morgan fingerprint density at radius 2 is 2.20 bits per heavy atom. The fraction of sp³-hybridized carbons (Fsp3) is 0.538. The van der Waals surface area contributed by atoms with Crippen molar-refractivity contribution >= 4 is 17.5 Å². The van der Waals surface area contributed by atoms with E-state index in [4.69, 9.17) is 4.74 Å². The zero-order chi connectivity index (χ0) is 15.3. The summed E-state index contributed by atoms with van der Waals surface area (Å²) in [7, 11) is 1.33. The molecule has 1 unspecified atom stereocenters. The molecule has 0 saturated carbocycles. The Bertz CT molecular complexity index is 502. The summed E-state index contributed by atoms with van der Waals surface area (Å²) < 4.78 is 4.75. The Balaban J connectivity index is 2.93. The number of carbonyl (C=O) groups is 1. The van der Waals surface area contributed by atoms with Crippen molar-refractivity contribution in [2.75, 3.05) is 12.4 Å². The van der Waals surface area contributed by atoms with Gasteiger partial charge in [0, 0.05) is 6.07 Å². The van der Waals surface area contributed by atoms with Crippen LogP contribution in [0.2, 0.25) is 0 Å². The van der Waals surface area contributed by atoms with E-state index in [2.05, 4.69) is 10.3 Å². The summed E-state index contributed by atoms with van der Waals surface area (Å²) >= 11 is 0. The van der Waals surface area contributed by atoms with Crippen LogP contribution in [-0.2, 0) is 9.53 Å². The molecule has 1 heterocycles. The molecule has 20 heavy (non-hydrogen) atoms. The molecule has 7 nitrogen and oxygen atoms in total. The highest BCUT2D eigenvalue weighted by Crippen LogP contribution is 2.20. The minimum absolute atomic E-state index is 0.0773. The summed E-state index contributed by atoms with van der Waals surface area (Å²) in [5.74, 6) is 0.370. The third-order valence-electron chi connectivity index (χ3n) is 2.78. The lowest BCUT2D eigenvalue weighted by Crippen LogP contribution is -2.32. The predicted octanol–water partition coefficient (Wildman–Crippen LogP) is 2.30. The fourth-order valence-electron chi connectivity index (χ4n) is 1.80. The number of pyridine rings is 1. The first kappa shape index (κ1) is 15.9. The first-order valence-electron chi connectivity index (χ1n) is 6.30. The third kappa shape index (κ3) is 4.18. The molecule has 0 aliphatic rings. The van der Waals surface area contributed by atoms with Crippen molar-refractivity contribution in [3.63, 3.8) is 0 Å². The van der Waals surface area contributed by atoms with Gasteiger partial charge in [-0.25, -0.2) is 9.78 Å². The van der Waals surface area contributed by atoms with Gasteiger partial charge in [-0.1, -0.05) is 13.8 Å². The molecule has 1 aromatic heterocycles. The number of methoxy groups -OCH3 is 1. The molecule has 7 heteroatoms. The predicted molar refractivity (Wildman–Crippen MR) is 74.5 cm³/mol. The Hall–Kier alpha value is -2.18. The molecular weight excluding hydrogens is 262 g/mol. The van der Waals surface area contributed by atoms with E-state index in [1.54, 1.807) is 6.92 Å². The van der Waals surface area contributed by atoms with Crippen LogP contribution in [0.5, 0.6) is 0 Å². The van der Waals surface area contributed by atoms with Crippen molar-refractivity contribution in [3.05, 3.63) is 27.9 Å². The van der Waals surface area contributed by atoms with Gasteiger partial charge in [-0.2, -0.15) is 0 Å². The minimum Gasteiger partial charge on any atom is -0.467 e. The number of nitro groups is 1. The average molecular weight is 281 g/mol. The maximum Gasteiger partial charge on any atom is 0.328 e. The van der Waals surface area contributed by atoms with E-state index in [1.807, 2.05) is 13.8 Å². The largest absolute Gasteiger partial charge is 0.467 e. The molecule has 0 aliphatic carbocycles. The van der Waals surface area contributed by atoms with Gasteiger partial charge in [0.1, 0.15) is 18.1 Å². The monoisotopic (exact) mass is 281 g/mol. The molecule has 0 bridgehead atoms. The van der Waals surface area contributed by atoms with Crippen molar-refractivity contribution in [1.82, 2.24) is 4.98 Å². The zero-order valence-electron chi connectivity index (χ0n) is 12.0. The Morgan fingerprint density at radius 3 is 2.65 bits per heavy atom. The number of aryl methyl sites for hydroxylation is 1. The molecule has 110 valence electrons. The van der Waals surface area contributed by atoms with Crippen molar-refractivity contribution in [2.24, 2.45) is 5.92 Å². The molecule has 0 spiro atoms. The van der Waals surface area contributed by atoms with Gasteiger partial charge >= 0.3 is 5.97 Å². The normalized spacial score (nSPS) is 12.1. The van der Waals surface area contributed by atoms with Crippen LogP contribution in [0, 0.1) is 23.0 Å². The summed E-state index contributed by atoms with van der Waals surface area (Å²) in [6, 6.07) is 0.895. The molecule has 1 rings (SSSR count). The van der Waals surface area contributed by atoms with E-state index in [0.717, 1.165) is 0 Å². The highest BCUT2D eigenvalue weighted by molar-refractivity contribution is 5.79. The number of carbonyl (C=O) groups excluding carboxylic acids is 1. The number of nitrogens with one attached hydrogen (secondary N) is 1. The van der Waals surface area contributed by atoms with E-state index in [9.17, 15) is 14.9 Å². The van der Waals surface area contributed by atoms with E-state index in [1.165, 1.54) is 19.4 Å². The van der Waals surface area contributed by atoms with Crippen LogP contribution in [0.4, 0.5) is 11.5 Å². The number of aromatic nitrogens is 1. The second-order valence-electron chi connectivity index (χ2n) is 4.97. The fourth-order valence-corrected chi connectivity index (χ4v) is 1.80. The quantitative estimate of drug-likeness (QED) is 0.488. The molecular formula is C13H19N3O4. The van der Waals surface area contributed by atoms with Crippen LogP contribution in [0.15, 0.2) is 12.3 Å². The van der Waals surface area contributed by atoms with E-state index in [-0.39, 0.29) is 11.7 Å². The molecule has 0 fully saturated rings. The Morgan fingerprint density at radius 1 is 1.55 bits per heavy atom. The highest BCUT2D eigenvalue weighted by atomic mass is 16.6. The van der Waals surface area contributed by atoms with E-state index in [0.29, 0.717) is 23.7 Å². The van der Waals surface area contributed by atoms with Crippen molar-refractivity contribution < 1.29 is 14.5 Å². The van der Waals surface area contributed by atoms with Gasteiger partial charge < -0.3 is 10.1 Å². The molecule has 0 aromatic carbocycles. The van der Waals surface area contributed by atoms with Gasteiger partial charge in [0.25, 0.3) is 5.69 Å². The summed E-state index contributed by atoms with van der Waals surface area (Å²) in [5, 5.41) is 13.6. The van der Waals surface area contributed by atoms with Crippen LogP contribution in [-0.4, -0.2) is 29.0 Å². The minimum atomic E-state index is -0.521. The topological polar surface area (TPSA) is 94.4 Å². The molecule has 0 saturated heterocycles. The average Bonchev–Trinajstić information content (AvgIpc) is 2.38. The van der Waals surface area contributed by atoms with Gasteiger partial charge in [-0.05, 0) is 24.8 Å². The lowest BCUT2D eigenvalue weighted by molar-refractivity contribution is -0.385. The number of esters is 1. The summed E-state index contributed by atoms with van der Waals surface area (Å²) in [5.41, 5.74) is 0.531. The zero-order valence-corrected chi connectivity index (χ0v) is 12.0. The molecule has 0 radical (unpaired) electrons. The number of hydrogen-bond acceptors (Lipinski definition) is 6. The SMILES string of the molecule is COC(=O)C(CC(C)C)Nc1ncc([N+](=O)[O-])cc1C.